The first-order valence-electron chi connectivity index (χ1n) is 6.55. The minimum absolute atomic E-state index is 0.768. The van der Waals surface area contributed by atoms with Crippen LogP contribution in [0.4, 0.5) is 5.13 Å². The molecule has 21 heavy (non-hydrogen) atoms. The summed E-state index contributed by atoms with van der Waals surface area (Å²) in [4.78, 5) is 8.78. The second-order valence-corrected chi connectivity index (χ2v) is 5.29. The van der Waals surface area contributed by atoms with Gasteiger partial charge in [-0.1, -0.05) is 36.4 Å². The van der Waals surface area contributed by atoms with Crippen LogP contribution in [-0.4, -0.2) is 15.7 Å². The number of nitrogens with one attached hydrogen (secondary N) is 1. The molecule has 3 rings (SSSR count). The van der Waals surface area contributed by atoms with Crippen molar-refractivity contribution in [2.75, 3.05) is 5.43 Å². The number of aromatic nitrogens is 2. The van der Waals surface area contributed by atoms with E-state index in [0.29, 0.717) is 0 Å². The molecule has 0 saturated heterocycles. The predicted octanol–water partition coefficient (Wildman–Crippen LogP) is 4.04. The number of hydrogen-bond donors (Lipinski definition) is 1. The molecular weight excluding hydrogens is 280 g/mol. The summed E-state index contributed by atoms with van der Waals surface area (Å²) in [5.74, 6) is 0. The molecular formula is C16H14N4S. The van der Waals surface area contributed by atoms with E-state index in [1.807, 2.05) is 60.8 Å². The highest BCUT2D eigenvalue weighted by molar-refractivity contribution is 7.14. The van der Waals surface area contributed by atoms with Crippen LogP contribution < -0.4 is 5.43 Å². The van der Waals surface area contributed by atoms with E-state index >= 15 is 0 Å². The van der Waals surface area contributed by atoms with Crippen LogP contribution in [0.2, 0.25) is 0 Å². The highest BCUT2D eigenvalue weighted by Crippen LogP contribution is 2.24. The smallest absolute Gasteiger partial charge is 0.203 e. The van der Waals surface area contributed by atoms with E-state index < -0.39 is 0 Å². The van der Waals surface area contributed by atoms with E-state index in [1.54, 1.807) is 6.20 Å². The molecule has 0 atom stereocenters. The summed E-state index contributed by atoms with van der Waals surface area (Å²) in [6, 6.07) is 15.8. The van der Waals surface area contributed by atoms with Gasteiger partial charge < -0.3 is 0 Å². The average molecular weight is 294 g/mol. The molecule has 0 amide bonds. The monoisotopic (exact) mass is 294 g/mol. The molecule has 0 aliphatic carbocycles. The van der Waals surface area contributed by atoms with E-state index in [0.717, 1.165) is 27.8 Å². The van der Waals surface area contributed by atoms with E-state index in [9.17, 15) is 0 Å². The van der Waals surface area contributed by atoms with Crippen LogP contribution in [0.5, 0.6) is 0 Å². The molecule has 0 fully saturated rings. The lowest BCUT2D eigenvalue weighted by Crippen LogP contribution is -2.01. The van der Waals surface area contributed by atoms with Crippen molar-refractivity contribution in [2.45, 2.75) is 6.92 Å². The van der Waals surface area contributed by atoms with Gasteiger partial charge in [-0.2, -0.15) is 5.10 Å². The van der Waals surface area contributed by atoms with Crippen molar-refractivity contribution < 1.29 is 0 Å². The van der Waals surface area contributed by atoms with Crippen LogP contribution in [0, 0.1) is 0 Å². The van der Waals surface area contributed by atoms with Gasteiger partial charge in [-0.3, -0.25) is 10.4 Å². The van der Waals surface area contributed by atoms with Crippen molar-refractivity contribution >= 4 is 22.2 Å². The van der Waals surface area contributed by atoms with Gasteiger partial charge in [-0.25, -0.2) is 4.98 Å². The lowest BCUT2D eigenvalue weighted by molar-refractivity contribution is 1.23. The fourth-order valence-electron chi connectivity index (χ4n) is 1.83. The van der Waals surface area contributed by atoms with Gasteiger partial charge in [0.15, 0.2) is 0 Å². The molecule has 104 valence electrons. The summed E-state index contributed by atoms with van der Waals surface area (Å²) < 4.78 is 0. The molecule has 0 aliphatic rings. The second-order valence-electron chi connectivity index (χ2n) is 4.43. The molecule has 2 heterocycles. The number of rotatable bonds is 4. The minimum atomic E-state index is 0.768. The lowest BCUT2D eigenvalue weighted by Gasteiger charge is -1.99. The van der Waals surface area contributed by atoms with Gasteiger partial charge in [0.1, 0.15) is 0 Å². The first-order chi connectivity index (χ1) is 10.3. The van der Waals surface area contributed by atoms with Gasteiger partial charge in [0.05, 0.1) is 17.1 Å². The van der Waals surface area contributed by atoms with E-state index in [1.165, 1.54) is 11.3 Å². The lowest BCUT2D eigenvalue weighted by atomic mass is 10.2. The first kappa shape index (κ1) is 13.5. The fourth-order valence-corrected chi connectivity index (χ4v) is 2.49. The normalized spacial score (nSPS) is 11.4. The van der Waals surface area contributed by atoms with Gasteiger partial charge in [0.2, 0.25) is 5.13 Å². The third-order valence-electron chi connectivity index (χ3n) is 2.93. The Balaban J connectivity index is 1.73. The van der Waals surface area contributed by atoms with Gasteiger partial charge in [-0.15, -0.1) is 11.3 Å². The number of hydrazone groups is 1. The van der Waals surface area contributed by atoms with Crippen molar-refractivity contribution in [1.82, 2.24) is 9.97 Å². The Morgan fingerprint density at radius 3 is 2.67 bits per heavy atom. The number of hydrogen-bond acceptors (Lipinski definition) is 5. The number of nitrogens with zero attached hydrogens (tertiary/aromatic N) is 3. The summed E-state index contributed by atoms with van der Waals surface area (Å²) >= 11 is 1.53. The van der Waals surface area contributed by atoms with Crippen LogP contribution in [-0.2, 0) is 0 Å². The zero-order valence-corrected chi connectivity index (χ0v) is 12.3. The van der Waals surface area contributed by atoms with E-state index in [4.69, 9.17) is 0 Å². The highest BCUT2D eigenvalue weighted by atomic mass is 32.1. The molecule has 4 nitrogen and oxygen atoms in total. The molecule has 0 saturated carbocycles. The zero-order valence-electron chi connectivity index (χ0n) is 11.5. The van der Waals surface area contributed by atoms with Gasteiger partial charge in [0, 0.05) is 17.1 Å². The summed E-state index contributed by atoms with van der Waals surface area (Å²) in [7, 11) is 0. The maximum Gasteiger partial charge on any atom is 0.203 e. The molecule has 5 heteroatoms. The van der Waals surface area contributed by atoms with E-state index in [2.05, 4.69) is 20.5 Å². The van der Waals surface area contributed by atoms with E-state index in [-0.39, 0.29) is 0 Å². The number of pyridine rings is 1. The Hall–Kier alpha value is -2.53. The van der Waals surface area contributed by atoms with Crippen molar-refractivity contribution in [3.63, 3.8) is 0 Å². The zero-order chi connectivity index (χ0) is 14.5. The first-order valence-corrected chi connectivity index (χ1v) is 7.43. The van der Waals surface area contributed by atoms with Crippen LogP contribution in [0.25, 0.3) is 11.3 Å². The molecule has 1 N–H and O–H groups in total. The van der Waals surface area contributed by atoms with Gasteiger partial charge in [-0.05, 0) is 19.1 Å². The molecule has 2 aromatic heterocycles. The standard InChI is InChI=1S/C16H14N4S/c1-12(14-9-5-6-10-17-14)19-20-16-18-15(11-21-16)13-7-3-2-4-8-13/h2-11H,1H3,(H,18,20)/b19-12+. The molecule has 0 bridgehead atoms. The number of anilines is 1. The van der Waals surface area contributed by atoms with Crippen molar-refractivity contribution in [1.29, 1.82) is 0 Å². The minimum Gasteiger partial charge on any atom is -0.255 e. The molecule has 1 aromatic carbocycles. The van der Waals surface area contributed by atoms with Crippen molar-refractivity contribution in [3.05, 3.63) is 65.8 Å². The topological polar surface area (TPSA) is 50.2 Å². The average Bonchev–Trinajstić information content (AvgIpc) is 3.03. The van der Waals surface area contributed by atoms with Crippen LogP contribution in [0.1, 0.15) is 12.6 Å². The Morgan fingerprint density at radius 2 is 1.90 bits per heavy atom. The predicted molar refractivity (Wildman–Crippen MR) is 87.6 cm³/mol. The quantitative estimate of drug-likeness (QED) is 0.583. The highest BCUT2D eigenvalue weighted by Gasteiger charge is 2.04. The van der Waals surface area contributed by atoms with Crippen molar-refractivity contribution in [2.24, 2.45) is 5.10 Å². The Morgan fingerprint density at radius 1 is 1.10 bits per heavy atom. The largest absolute Gasteiger partial charge is 0.255 e. The molecule has 0 aliphatic heterocycles. The Kier molecular flexibility index (Phi) is 4.02. The summed E-state index contributed by atoms with van der Waals surface area (Å²) in [5, 5.41) is 7.11. The van der Waals surface area contributed by atoms with Crippen LogP contribution >= 0.6 is 11.3 Å². The fraction of sp³-hybridized carbons (Fsp3) is 0.0625. The van der Waals surface area contributed by atoms with Crippen LogP contribution in [0.15, 0.2) is 65.2 Å². The summed E-state index contributed by atoms with van der Waals surface area (Å²) in [6.45, 7) is 1.92. The summed E-state index contributed by atoms with van der Waals surface area (Å²) in [6.07, 6.45) is 1.76. The molecule has 0 radical (unpaired) electrons. The third kappa shape index (κ3) is 3.32. The number of benzene rings is 1. The maximum atomic E-state index is 4.53. The second kappa shape index (κ2) is 6.28. The third-order valence-corrected chi connectivity index (χ3v) is 3.68. The molecule has 3 aromatic rings. The number of thiazole rings is 1. The maximum absolute atomic E-state index is 4.53. The summed E-state index contributed by atoms with van der Waals surface area (Å²) in [5.41, 5.74) is 6.72. The van der Waals surface area contributed by atoms with Gasteiger partial charge in [0.25, 0.3) is 0 Å². The SMILES string of the molecule is C/C(=N\Nc1nc(-c2ccccc2)cs1)c1ccccn1. The van der Waals surface area contributed by atoms with Gasteiger partial charge >= 0.3 is 0 Å². The molecule has 0 unspecified atom stereocenters. The molecule has 0 spiro atoms. The Bertz CT molecular complexity index is 735. The Labute approximate surface area is 127 Å². The van der Waals surface area contributed by atoms with Crippen LogP contribution in [0.3, 0.4) is 0 Å². The van der Waals surface area contributed by atoms with Crippen molar-refractivity contribution in [3.8, 4) is 11.3 Å².